The number of aliphatic carboxylic acids is 1. The number of carbonyl (C=O) groups excluding carboxylic acids is 1. The standard InChI is InChI=1S/C11H19N2.C3H6O2/c1-13(2,9-8-12)10-11-6-4-3-5-7-11;1-2-3(4)5/h3-7H,8-10,12H2,1-2H3;2H2,1H3,(H,4,5)/q+1;/p-1. The number of nitrogens with two attached hydrogens (primary N) is 1. The summed E-state index contributed by atoms with van der Waals surface area (Å²) in [6, 6.07) is 10.5. The molecule has 102 valence electrons. The van der Waals surface area contributed by atoms with Crippen LogP contribution in [0, 0.1) is 0 Å². The molecule has 0 heterocycles. The van der Waals surface area contributed by atoms with Crippen molar-refractivity contribution in [3.63, 3.8) is 0 Å². The van der Waals surface area contributed by atoms with Crippen molar-refractivity contribution in [2.24, 2.45) is 5.73 Å². The fourth-order valence-electron chi connectivity index (χ4n) is 1.51. The molecular weight excluding hydrogens is 228 g/mol. The van der Waals surface area contributed by atoms with Crippen molar-refractivity contribution in [1.29, 1.82) is 0 Å². The lowest BCUT2D eigenvalue weighted by Crippen LogP contribution is -2.42. The summed E-state index contributed by atoms with van der Waals surface area (Å²) in [5.41, 5.74) is 6.93. The van der Waals surface area contributed by atoms with Crippen LogP contribution in [-0.4, -0.2) is 37.6 Å². The first-order chi connectivity index (χ1) is 8.41. The molecule has 0 bridgehead atoms. The van der Waals surface area contributed by atoms with Gasteiger partial charge in [-0.05, 0) is 6.42 Å². The Hall–Kier alpha value is -1.39. The lowest BCUT2D eigenvalue weighted by atomic mass is 10.2. The van der Waals surface area contributed by atoms with Crippen molar-refractivity contribution in [3.8, 4) is 0 Å². The third kappa shape index (κ3) is 8.73. The van der Waals surface area contributed by atoms with Crippen molar-refractivity contribution in [2.75, 3.05) is 27.2 Å². The monoisotopic (exact) mass is 252 g/mol. The Morgan fingerprint density at radius 1 is 1.28 bits per heavy atom. The normalized spacial score (nSPS) is 10.4. The zero-order chi connectivity index (χ0) is 14.0. The predicted molar refractivity (Wildman–Crippen MR) is 71.5 cm³/mol. The van der Waals surface area contributed by atoms with Gasteiger partial charge in [-0.2, -0.15) is 0 Å². The molecule has 4 nitrogen and oxygen atoms in total. The number of carboxylic acids is 1. The number of likely N-dealkylation sites (N-methyl/N-ethyl adjacent to an activating group) is 1. The van der Waals surface area contributed by atoms with Crippen LogP contribution in [0.5, 0.6) is 0 Å². The molecule has 4 heteroatoms. The summed E-state index contributed by atoms with van der Waals surface area (Å²) >= 11 is 0. The molecule has 1 aromatic rings. The number of carboxylic acid groups (broad SMARTS) is 1. The van der Waals surface area contributed by atoms with E-state index in [1.807, 2.05) is 6.07 Å². The fourth-order valence-corrected chi connectivity index (χ4v) is 1.51. The minimum atomic E-state index is -0.995. The SMILES string of the molecule is CCC(=O)[O-].C[N+](C)(CCN)Cc1ccccc1. The first kappa shape index (κ1) is 16.6. The van der Waals surface area contributed by atoms with Gasteiger partial charge in [-0.1, -0.05) is 37.3 Å². The molecule has 0 aliphatic heterocycles. The quantitative estimate of drug-likeness (QED) is 0.770. The second-order valence-corrected chi connectivity index (χ2v) is 4.82. The topological polar surface area (TPSA) is 66.1 Å². The van der Waals surface area contributed by atoms with E-state index < -0.39 is 5.97 Å². The van der Waals surface area contributed by atoms with Gasteiger partial charge < -0.3 is 20.1 Å². The predicted octanol–water partition coefficient (Wildman–Crippen LogP) is 0.368. The van der Waals surface area contributed by atoms with E-state index in [1.165, 1.54) is 12.5 Å². The summed E-state index contributed by atoms with van der Waals surface area (Å²) in [4.78, 5) is 9.26. The summed E-state index contributed by atoms with van der Waals surface area (Å²) in [7, 11) is 4.42. The van der Waals surface area contributed by atoms with E-state index in [9.17, 15) is 9.90 Å². The Morgan fingerprint density at radius 2 is 1.78 bits per heavy atom. The Kier molecular flexibility index (Phi) is 8.00. The van der Waals surface area contributed by atoms with Crippen LogP contribution in [0.25, 0.3) is 0 Å². The molecule has 1 aromatic carbocycles. The van der Waals surface area contributed by atoms with Crippen LogP contribution in [-0.2, 0) is 11.3 Å². The molecule has 0 saturated heterocycles. The minimum absolute atomic E-state index is 0.111. The summed E-state index contributed by atoms with van der Waals surface area (Å²) in [5.74, 6) is -0.995. The Labute approximate surface area is 110 Å². The second-order valence-electron chi connectivity index (χ2n) is 4.82. The molecule has 18 heavy (non-hydrogen) atoms. The van der Waals surface area contributed by atoms with E-state index in [0.717, 1.165) is 24.1 Å². The zero-order valence-electron chi connectivity index (χ0n) is 11.6. The highest BCUT2D eigenvalue weighted by Crippen LogP contribution is 2.07. The van der Waals surface area contributed by atoms with Crippen LogP contribution in [0.2, 0.25) is 0 Å². The van der Waals surface area contributed by atoms with Gasteiger partial charge in [0.2, 0.25) is 0 Å². The third-order valence-corrected chi connectivity index (χ3v) is 2.48. The molecule has 0 amide bonds. The van der Waals surface area contributed by atoms with E-state index in [0.29, 0.717) is 0 Å². The molecule has 0 fully saturated rings. The van der Waals surface area contributed by atoms with Crippen LogP contribution in [0.15, 0.2) is 30.3 Å². The maximum absolute atomic E-state index is 9.26. The highest BCUT2D eigenvalue weighted by Gasteiger charge is 2.13. The molecule has 1 rings (SSSR count). The Bertz CT molecular complexity index is 337. The van der Waals surface area contributed by atoms with Crippen molar-refractivity contribution >= 4 is 5.97 Å². The molecule has 0 aliphatic carbocycles. The molecule has 0 spiro atoms. The average molecular weight is 252 g/mol. The number of benzene rings is 1. The lowest BCUT2D eigenvalue weighted by Gasteiger charge is -2.29. The van der Waals surface area contributed by atoms with Gasteiger partial charge in [0, 0.05) is 18.1 Å². The van der Waals surface area contributed by atoms with Gasteiger partial charge in [0.15, 0.2) is 0 Å². The first-order valence-corrected chi connectivity index (χ1v) is 6.17. The molecule has 0 saturated carbocycles. The summed E-state index contributed by atoms with van der Waals surface area (Å²) in [6.45, 7) is 4.36. The molecule has 0 radical (unpaired) electrons. The first-order valence-electron chi connectivity index (χ1n) is 6.17. The van der Waals surface area contributed by atoms with Crippen LogP contribution < -0.4 is 10.8 Å². The van der Waals surface area contributed by atoms with E-state index in [4.69, 9.17) is 5.73 Å². The molecule has 0 unspecified atom stereocenters. The van der Waals surface area contributed by atoms with Gasteiger partial charge in [-0.25, -0.2) is 0 Å². The number of hydrogen-bond acceptors (Lipinski definition) is 3. The number of rotatable bonds is 5. The summed E-state index contributed by atoms with van der Waals surface area (Å²) < 4.78 is 0.959. The maximum Gasteiger partial charge on any atom is 0.104 e. The Morgan fingerprint density at radius 3 is 2.17 bits per heavy atom. The van der Waals surface area contributed by atoms with Crippen LogP contribution in [0.4, 0.5) is 0 Å². The highest BCUT2D eigenvalue weighted by atomic mass is 16.4. The van der Waals surface area contributed by atoms with E-state index in [-0.39, 0.29) is 6.42 Å². The molecule has 0 atom stereocenters. The number of nitrogens with zero attached hydrogens (tertiary/aromatic N) is 1. The zero-order valence-corrected chi connectivity index (χ0v) is 11.6. The second kappa shape index (κ2) is 8.66. The van der Waals surface area contributed by atoms with Crippen molar-refractivity contribution in [1.82, 2.24) is 0 Å². The minimum Gasteiger partial charge on any atom is -0.550 e. The van der Waals surface area contributed by atoms with Crippen molar-refractivity contribution in [2.45, 2.75) is 19.9 Å². The fraction of sp³-hybridized carbons (Fsp3) is 0.500. The van der Waals surface area contributed by atoms with Crippen LogP contribution in [0.1, 0.15) is 18.9 Å². The molecule has 2 N–H and O–H groups in total. The number of carbonyl (C=O) groups is 1. The average Bonchev–Trinajstić information content (AvgIpc) is 2.30. The van der Waals surface area contributed by atoms with Gasteiger partial charge in [0.05, 0.1) is 20.6 Å². The van der Waals surface area contributed by atoms with Crippen LogP contribution in [0.3, 0.4) is 0 Å². The van der Waals surface area contributed by atoms with Gasteiger partial charge in [0.1, 0.15) is 6.54 Å². The maximum atomic E-state index is 9.26. The lowest BCUT2D eigenvalue weighted by molar-refractivity contribution is -0.902. The number of quaternary nitrogens is 1. The highest BCUT2D eigenvalue weighted by molar-refractivity contribution is 5.63. The largest absolute Gasteiger partial charge is 0.550 e. The molecule has 0 aromatic heterocycles. The van der Waals surface area contributed by atoms with Gasteiger partial charge in [-0.15, -0.1) is 0 Å². The van der Waals surface area contributed by atoms with Crippen molar-refractivity contribution < 1.29 is 14.4 Å². The van der Waals surface area contributed by atoms with E-state index in [2.05, 4.69) is 38.4 Å². The number of hydrogen-bond donors (Lipinski definition) is 1. The third-order valence-electron chi connectivity index (χ3n) is 2.48. The molecule has 0 aliphatic rings. The van der Waals surface area contributed by atoms with Gasteiger partial charge in [-0.3, -0.25) is 0 Å². The van der Waals surface area contributed by atoms with Gasteiger partial charge in [0.25, 0.3) is 0 Å². The molecular formula is C14H24N2O2. The smallest absolute Gasteiger partial charge is 0.104 e. The van der Waals surface area contributed by atoms with Gasteiger partial charge >= 0.3 is 0 Å². The Balaban J connectivity index is 0.000000494. The van der Waals surface area contributed by atoms with E-state index in [1.54, 1.807) is 0 Å². The summed E-state index contributed by atoms with van der Waals surface area (Å²) in [5, 5.41) is 9.26. The summed E-state index contributed by atoms with van der Waals surface area (Å²) in [6.07, 6.45) is 0.111. The van der Waals surface area contributed by atoms with E-state index >= 15 is 0 Å². The van der Waals surface area contributed by atoms with Crippen LogP contribution >= 0.6 is 0 Å². The van der Waals surface area contributed by atoms with Crippen molar-refractivity contribution in [3.05, 3.63) is 35.9 Å².